The molecule has 1 aliphatic rings. The fourth-order valence-corrected chi connectivity index (χ4v) is 2.12. The Balaban J connectivity index is 2.62. The predicted molar refractivity (Wildman–Crippen MR) is 67.3 cm³/mol. The topological polar surface area (TPSA) is 78.5 Å². The minimum atomic E-state index is -0.515. The number of imide groups is 1. The molecule has 1 rings (SSSR count). The second-order valence-corrected chi connectivity index (χ2v) is 4.49. The van der Waals surface area contributed by atoms with Crippen molar-refractivity contribution in [2.24, 2.45) is 0 Å². The van der Waals surface area contributed by atoms with E-state index in [-0.39, 0.29) is 18.2 Å². The van der Waals surface area contributed by atoms with Crippen molar-refractivity contribution in [3.05, 3.63) is 0 Å². The first kappa shape index (κ1) is 14.8. The summed E-state index contributed by atoms with van der Waals surface area (Å²) in [6, 6.07) is -1.01. The molecular weight excluding hydrogens is 258 g/mol. The Morgan fingerprint density at radius 3 is 2.67 bits per heavy atom. The van der Waals surface area contributed by atoms with Crippen LogP contribution in [-0.2, 0) is 9.59 Å². The average molecular weight is 276 g/mol. The average Bonchev–Trinajstić information content (AvgIpc) is 2.38. The lowest BCUT2D eigenvalue weighted by Crippen LogP contribution is -2.55. The zero-order chi connectivity index (χ0) is 13.5. The van der Waals surface area contributed by atoms with E-state index >= 15 is 0 Å². The molecule has 0 radical (unpaired) electrons. The lowest BCUT2D eigenvalue weighted by Gasteiger charge is -2.34. The number of carbonyl (C=O) groups excluding carboxylic acids is 3. The molecule has 6 nitrogen and oxygen atoms in total. The van der Waals surface area contributed by atoms with Gasteiger partial charge in [-0.2, -0.15) is 0 Å². The highest BCUT2D eigenvalue weighted by Gasteiger charge is 2.32. The Hall–Kier alpha value is -1.30. The molecule has 1 fully saturated rings. The molecule has 18 heavy (non-hydrogen) atoms. The second-order valence-electron chi connectivity index (χ2n) is 4.11. The number of hydrogen-bond donors (Lipinski definition) is 2. The second kappa shape index (κ2) is 7.20. The van der Waals surface area contributed by atoms with Crippen LogP contribution >= 0.6 is 11.6 Å². The number of halogens is 1. The van der Waals surface area contributed by atoms with Crippen molar-refractivity contribution < 1.29 is 14.4 Å². The standard InChI is InChI=1S/C11H18ClN3O3/c1-13-10(17)8-4-2-3-7-15(8)11(18)14-9(16)5-6-12/h8H,2-7H2,1H3,(H,13,17)(H,14,16,18). The third-order valence-corrected chi connectivity index (χ3v) is 3.07. The highest BCUT2D eigenvalue weighted by atomic mass is 35.5. The van der Waals surface area contributed by atoms with Crippen molar-refractivity contribution in [3.63, 3.8) is 0 Å². The SMILES string of the molecule is CNC(=O)C1CCCCN1C(=O)NC(=O)CCCl. The van der Waals surface area contributed by atoms with E-state index in [2.05, 4.69) is 10.6 Å². The molecular formula is C11H18ClN3O3. The van der Waals surface area contributed by atoms with Crippen LogP contribution in [0.15, 0.2) is 0 Å². The van der Waals surface area contributed by atoms with E-state index in [0.717, 1.165) is 12.8 Å². The summed E-state index contributed by atoms with van der Waals surface area (Å²) in [6.07, 6.45) is 2.45. The van der Waals surface area contributed by atoms with Gasteiger partial charge < -0.3 is 10.2 Å². The van der Waals surface area contributed by atoms with Gasteiger partial charge in [0.25, 0.3) is 0 Å². The van der Waals surface area contributed by atoms with Gasteiger partial charge in [-0.3, -0.25) is 14.9 Å². The van der Waals surface area contributed by atoms with Crippen LogP contribution in [0.2, 0.25) is 0 Å². The number of likely N-dealkylation sites (tertiary alicyclic amines) is 1. The maximum absolute atomic E-state index is 11.9. The maximum Gasteiger partial charge on any atom is 0.324 e. The Labute approximate surface area is 111 Å². The van der Waals surface area contributed by atoms with Crippen LogP contribution in [0.25, 0.3) is 0 Å². The number of carbonyl (C=O) groups is 3. The van der Waals surface area contributed by atoms with Gasteiger partial charge in [0.1, 0.15) is 6.04 Å². The molecule has 1 unspecified atom stereocenters. The highest BCUT2D eigenvalue weighted by molar-refractivity contribution is 6.19. The molecule has 7 heteroatoms. The summed E-state index contributed by atoms with van der Waals surface area (Å²) < 4.78 is 0. The van der Waals surface area contributed by atoms with E-state index in [0.29, 0.717) is 13.0 Å². The number of alkyl halides is 1. The molecule has 1 heterocycles. The zero-order valence-electron chi connectivity index (χ0n) is 10.4. The number of hydrogen-bond acceptors (Lipinski definition) is 3. The van der Waals surface area contributed by atoms with E-state index in [1.165, 1.54) is 11.9 Å². The van der Waals surface area contributed by atoms with E-state index in [9.17, 15) is 14.4 Å². The van der Waals surface area contributed by atoms with Gasteiger partial charge in [0.05, 0.1) is 0 Å². The molecule has 0 aromatic carbocycles. The van der Waals surface area contributed by atoms with Gasteiger partial charge in [0, 0.05) is 25.9 Å². The number of urea groups is 1. The van der Waals surface area contributed by atoms with E-state index in [1.807, 2.05) is 0 Å². The molecule has 0 aliphatic carbocycles. The lowest BCUT2D eigenvalue weighted by atomic mass is 10.0. The minimum Gasteiger partial charge on any atom is -0.357 e. The molecule has 0 aromatic rings. The van der Waals surface area contributed by atoms with Crippen molar-refractivity contribution in [2.75, 3.05) is 19.5 Å². The van der Waals surface area contributed by atoms with Crippen LogP contribution in [0.3, 0.4) is 0 Å². The zero-order valence-corrected chi connectivity index (χ0v) is 11.1. The van der Waals surface area contributed by atoms with Crippen molar-refractivity contribution in [3.8, 4) is 0 Å². The molecule has 0 bridgehead atoms. The van der Waals surface area contributed by atoms with Crippen molar-refractivity contribution in [1.29, 1.82) is 0 Å². The third kappa shape index (κ3) is 3.87. The Morgan fingerprint density at radius 2 is 2.06 bits per heavy atom. The molecule has 1 saturated heterocycles. The van der Waals surface area contributed by atoms with Gasteiger partial charge in [0.15, 0.2) is 0 Å². The molecule has 1 atom stereocenters. The predicted octanol–water partition coefficient (Wildman–Crippen LogP) is 0.452. The molecule has 4 amide bonds. The van der Waals surface area contributed by atoms with Crippen LogP contribution in [0.4, 0.5) is 4.79 Å². The minimum absolute atomic E-state index is 0.0891. The summed E-state index contributed by atoms with van der Waals surface area (Å²) in [7, 11) is 1.53. The first-order valence-corrected chi connectivity index (χ1v) is 6.51. The van der Waals surface area contributed by atoms with Gasteiger partial charge in [-0.25, -0.2) is 4.79 Å². The molecule has 2 N–H and O–H groups in total. The Morgan fingerprint density at radius 1 is 1.33 bits per heavy atom. The molecule has 0 spiro atoms. The molecule has 0 aromatic heterocycles. The van der Waals surface area contributed by atoms with Gasteiger partial charge in [-0.1, -0.05) is 0 Å². The van der Waals surface area contributed by atoms with Crippen LogP contribution in [-0.4, -0.2) is 48.3 Å². The van der Waals surface area contributed by atoms with Gasteiger partial charge in [-0.05, 0) is 19.3 Å². The summed E-state index contributed by atoms with van der Waals surface area (Å²) in [4.78, 5) is 36.2. The summed E-state index contributed by atoms with van der Waals surface area (Å²) in [5.74, 6) is -0.455. The van der Waals surface area contributed by atoms with Crippen molar-refractivity contribution >= 4 is 29.4 Å². The number of nitrogens with one attached hydrogen (secondary N) is 2. The monoisotopic (exact) mass is 275 g/mol. The number of rotatable bonds is 3. The van der Waals surface area contributed by atoms with Crippen LogP contribution in [0.5, 0.6) is 0 Å². The maximum atomic E-state index is 11.9. The van der Waals surface area contributed by atoms with E-state index in [1.54, 1.807) is 0 Å². The highest BCUT2D eigenvalue weighted by Crippen LogP contribution is 2.17. The van der Waals surface area contributed by atoms with Gasteiger partial charge in [-0.15, -0.1) is 11.6 Å². The number of nitrogens with zero attached hydrogens (tertiary/aromatic N) is 1. The van der Waals surface area contributed by atoms with E-state index in [4.69, 9.17) is 11.6 Å². The lowest BCUT2D eigenvalue weighted by molar-refractivity contribution is -0.126. The first-order valence-electron chi connectivity index (χ1n) is 5.98. The summed E-state index contributed by atoms with van der Waals surface area (Å²) in [5, 5.41) is 4.77. The fourth-order valence-electron chi connectivity index (χ4n) is 1.95. The summed E-state index contributed by atoms with van der Waals surface area (Å²) >= 11 is 5.42. The number of likely N-dealkylation sites (N-methyl/N-ethyl adjacent to an activating group) is 1. The largest absolute Gasteiger partial charge is 0.357 e. The van der Waals surface area contributed by atoms with Gasteiger partial charge >= 0.3 is 6.03 Å². The van der Waals surface area contributed by atoms with Crippen LogP contribution < -0.4 is 10.6 Å². The smallest absolute Gasteiger partial charge is 0.324 e. The number of amides is 4. The molecule has 1 aliphatic heterocycles. The summed E-state index contributed by atoms with van der Waals surface area (Å²) in [5.41, 5.74) is 0. The Bertz CT molecular complexity index is 335. The number of piperidine rings is 1. The van der Waals surface area contributed by atoms with Gasteiger partial charge in [0.2, 0.25) is 11.8 Å². The van der Waals surface area contributed by atoms with Crippen LogP contribution in [0, 0.1) is 0 Å². The summed E-state index contributed by atoms with van der Waals surface area (Å²) in [6.45, 7) is 0.484. The molecule has 102 valence electrons. The van der Waals surface area contributed by atoms with Crippen molar-refractivity contribution in [1.82, 2.24) is 15.5 Å². The van der Waals surface area contributed by atoms with Crippen molar-refractivity contribution in [2.45, 2.75) is 31.7 Å². The van der Waals surface area contributed by atoms with E-state index < -0.39 is 18.0 Å². The normalized spacial score (nSPS) is 19.2. The Kier molecular flexibility index (Phi) is 5.91. The quantitative estimate of drug-likeness (QED) is 0.734. The fraction of sp³-hybridized carbons (Fsp3) is 0.727. The molecule has 0 saturated carbocycles. The first-order chi connectivity index (χ1) is 8.60. The van der Waals surface area contributed by atoms with Crippen LogP contribution in [0.1, 0.15) is 25.7 Å². The third-order valence-electron chi connectivity index (χ3n) is 2.88.